The predicted molar refractivity (Wildman–Crippen MR) is 90.4 cm³/mol. The van der Waals surface area contributed by atoms with Crippen LogP contribution in [-0.2, 0) is 6.42 Å². The maximum atomic E-state index is 5.94. The molecular formula is C19H25NO. The van der Waals surface area contributed by atoms with Gasteiger partial charge in [0.2, 0.25) is 0 Å². The fourth-order valence-corrected chi connectivity index (χ4v) is 2.49. The Balaban J connectivity index is 1.92. The number of para-hydroxylation sites is 1. The Morgan fingerprint density at radius 3 is 2.43 bits per heavy atom. The van der Waals surface area contributed by atoms with E-state index in [1.54, 1.807) is 0 Å². The van der Waals surface area contributed by atoms with Gasteiger partial charge in [0.1, 0.15) is 12.4 Å². The summed E-state index contributed by atoms with van der Waals surface area (Å²) in [4.78, 5) is 2.33. The van der Waals surface area contributed by atoms with Crippen LogP contribution in [0, 0.1) is 6.92 Å². The number of likely N-dealkylation sites (N-methyl/N-ethyl adjacent to an activating group) is 1. The zero-order chi connectivity index (χ0) is 15.1. The van der Waals surface area contributed by atoms with Gasteiger partial charge in [-0.25, -0.2) is 0 Å². The third-order valence-electron chi connectivity index (χ3n) is 3.65. The van der Waals surface area contributed by atoms with Crippen LogP contribution in [-0.4, -0.2) is 19.7 Å². The molecule has 0 unspecified atom stereocenters. The molecule has 2 aromatic carbocycles. The van der Waals surface area contributed by atoms with Gasteiger partial charge in [0.15, 0.2) is 0 Å². The maximum absolute atomic E-state index is 5.94. The second-order valence-electron chi connectivity index (χ2n) is 5.27. The number of aryl methyl sites for hydroxylation is 2. The second-order valence-corrected chi connectivity index (χ2v) is 5.27. The van der Waals surface area contributed by atoms with Crippen LogP contribution in [0.1, 0.15) is 25.0 Å². The molecule has 2 rings (SSSR count). The van der Waals surface area contributed by atoms with Crippen molar-refractivity contribution in [3.8, 4) is 5.75 Å². The van der Waals surface area contributed by atoms with E-state index in [2.05, 4.69) is 68.1 Å². The van der Waals surface area contributed by atoms with E-state index in [1.807, 2.05) is 6.07 Å². The summed E-state index contributed by atoms with van der Waals surface area (Å²) in [6, 6.07) is 17.0. The normalized spacial score (nSPS) is 10.4. The minimum Gasteiger partial charge on any atom is -0.492 e. The number of hydrogen-bond acceptors (Lipinski definition) is 2. The Morgan fingerprint density at radius 2 is 1.76 bits per heavy atom. The van der Waals surface area contributed by atoms with Gasteiger partial charge in [-0.1, -0.05) is 31.2 Å². The van der Waals surface area contributed by atoms with Gasteiger partial charge < -0.3 is 9.64 Å². The quantitative estimate of drug-likeness (QED) is 0.743. The zero-order valence-corrected chi connectivity index (χ0v) is 13.3. The summed E-state index contributed by atoms with van der Waals surface area (Å²) in [5.74, 6) is 0.982. The maximum Gasteiger partial charge on any atom is 0.119 e. The van der Waals surface area contributed by atoms with Gasteiger partial charge in [0, 0.05) is 12.2 Å². The highest BCUT2D eigenvalue weighted by molar-refractivity contribution is 5.45. The molecule has 0 aliphatic carbocycles. The van der Waals surface area contributed by atoms with Crippen LogP contribution in [0.15, 0.2) is 48.5 Å². The van der Waals surface area contributed by atoms with Gasteiger partial charge in [-0.2, -0.15) is 0 Å². The molecule has 0 fully saturated rings. The molecule has 0 atom stereocenters. The van der Waals surface area contributed by atoms with Crippen LogP contribution in [0.4, 0.5) is 5.69 Å². The van der Waals surface area contributed by atoms with Gasteiger partial charge in [-0.3, -0.25) is 0 Å². The largest absolute Gasteiger partial charge is 0.492 e. The molecule has 0 bridgehead atoms. The Morgan fingerprint density at radius 1 is 1.00 bits per heavy atom. The lowest BCUT2D eigenvalue weighted by Gasteiger charge is -2.23. The average Bonchev–Trinajstić information content (AvgIpc) is 2.52. The number of nitrogens with zero attached hydrogens (tertiary/aromatic N) is 1. The Bertz CT molecular complexity index is 551. The molecule has 2 aromatic rings. The molecule has 2 nitrogen and oxygen atoms in total. The van der Waals surface area contributed by atoms with E-state index in [-0.39, 0.29) is 0 Å². The molecule has 0 spiro atoms. The van der Waals surface area contributed by atoms with Gasteiger partial charge in [-0.15, -0.1) is 0 Å². The van der Waals surface area contributed by atoms with Gasteiger partial charge >= 0.3 is 0 Å². The van der Waals surface area contributed by atoms with Gasteiger partial charge in [0.05, 0.1) is 6.54 Å². The van der Waals surface area contributed by atoms with Crippen molar-refractivity contribution >= 4 is 5.69 Å². The molecule has 0 radical (unpaired) electrons. The van der Waals surface area contributed by atoms with Crippen molar-refractivity contribution in [3.63, 3.8) is 0 Å². The van der Waals surface area contributed by atoms with E-state index < -0.39 is 0 Å². The summed E-state index contributed by atoms with van der Waals surface area (Å²) in [6.07, 6.45) is 1.04. The lowest BCUT2D eigenvalue weighted by Crippen LogP contribution is -2.27. The summed E-state index contributed by atoms with van der Waals surface area (Å²) in [7, 11) is 0. The summed E-state index contributed by atoms with van der Waals surface area (Å²) < 4.78 is 5.94. The SMILES string of the molecule is CCc1cc(C)cc(OCCN(CC)c2ccccc2)c1. The number of anilines is 1. The molecule has 0 aliphatic rings. The number of hydrogen-bond donors (Lipinski definition) is 0. The molecular weight excluding hydrogens is 258 g/mol. The van der Waals surface area contributed by atoms with Crippen molar-refractivity contribution in [2.75, 3.05) is 24.6 Å². The van der Waals surface area contributed by atoms with E-state index in [0.29, 0.717) is 6.61 Å². The van der Waals surface area contributed by atoms with Crippen molar-refractivity contribution in [2.24, 2.45) is 0 Å². The van der Waals surface area contributed by atoms with Crippen molar-refractivity contribution in [1.29, 1.82) is 0 Å². The molecule has 112 valence electrons. The summed E-state index contributed by atoms with van der Waals surface area (Å²) >= 11 is 0. The van der Waals surface area contributed by atoms with E-state index in [9.17, 15) is 0 Å². The smallest absolute Gasteiger partial charge is 0.119 e. The lowest BCUT2D eigenvalue weighted by molar-refractivity contribution is 0.323. The van der Waals surface area contributed by atoms with Crippen molar-refractivity contribution < 1.29 is 4.74 Å². The van der Waals surface area contributed by atoms with E-state index in [1.165, 1.54) is 16.8 Å². The molecule has 0 N–H and O–H groups in total. The van der Waals surface area contributed by atoms with Gasteiger partial charge in [0.25, 0.3) is 0 Å². The monoisotopic (exact) mass is 283 g/mol. The molecule has 0 saturated carbocycles. The van der Waals surface area contributed by atoms with Crippen LogP contribution in [0.2, 0.25) is 0 Å². The highest BCUT2D eigenvalue weighted by Crippen LogP contribution is 2.18. The van der Waals surface area contributed by atoms with Gasteiger partial charge in [-0.05, 0) is 55.7 Å². The molecule has 0 heterocycles. The number of benzene rings is 2. The summed E-state index contributed by atoms with van der Waals surface area (Å²) in [5.41, 5.74) is 3.85. The molecule has 21 heavy (non-hydrogen) atoms. The zero-order valence-electron chi connectivity index (χ0n) is 13.3. The number of rotatable bonds is 7. The first kappa shape index (κ1) is 15.4. The van der Waals surface area contributed by atoms with Crippen molar-refractivity contribution in [2.45, 2.75) is 27.2 Å². The third kappa shape index (κ3) is 4.52. The summed E-state index contributed by atoms with van der Waals surface area (Å²) in [6.45, 7) is 9.06. The second kappa shape index (κ2) is 7.72. The fourth-order valence-electron chi connectivity index (χ4n) is 2.49. The van der Waals surface area contributed by atoms with E-state index >= 15 is 0 Å². The first-order chi connectivity index (χ1) is 10.2. The van der Waals surface area contributed by atoms with Crippen LogP contribution >= 0.6 is 0 Å². The topological polar surface area (TPSA) is 12.5 Å². The van der Waals surface area contributed by atoms with E-state index in [4.69, 9.17) is 4.74 Å². The van der Waals surface area contributed by atoms with Crippen molar-refractivity contribution in [1.82, 2.24) is 0 Å². The molecule has 0 aliphatic heterocycles. The highest BCUT2D eigenvalue weighted by Gasteiger charge is 2.04. The highest BCUT2D eigenvalue weighted by atomic mass is 16.5. The van der Waals surface area contributed by atoms with Crippen LogP contribution in [0.5, 0.6) is 5.75 Å². The Hall–Kier alpha value is -1.96. The fraction of sp³-hybridized carbons (Fsp3) is 0.368. The average molecular weight is 283 g/mol. The Kier molecular flexibility index (Phi) is 5.68. The van der Waals surface area contributed by atoms with Crippen LogP contribution in [0.3, 0.4) is 0 Å². The molecule has 0 amide bonds. The Labute approximate surface area is 128 Å². The lowest BCUT2D eigenvalue weighted by atomic mass is 10.1. The minimum atomic E-state index is 0.704. The predicted octanol–water partition coefficient (Wildman–Crippen LogP) is 4.46. The summed E-state index contributed by atoms with van der Waals surface area (Å²) in [5, 5.41) is 0. The van der Waals surface area contributed by atoms with Crippen LogP contribution < -0.4 is 9.64 Å². The number of ether oxygens (including phenoxy) is 1. The first-order valence-electron chi connectivity index (χ1n) is 7.76. The molecule has 0 aromatic heterocycles. The van der Waals surface area contributed by atoms with Crippen LogP contribution in [0.25, 0.3) is 0 Å². The first-order valence-corrected chi connectivity index (χ1v) is 7.76. The molecule has 2 heteroatoms. The standard InChI is InChI=1S/C19H25NO/c1-4-17-13-16(3)14-19(15-17)21-12-11-20(5-2)18-9-7-6-8-10-18/h6-10,13-15H,4-5,11-12H2,1-3H3. The van der Waals surface area contributed by atoms with Crippen molar-refractivity contribution in [3.05, 3.63) is 59.7 Å². The molecule has 0 saturated heterocycles. The minimum absolute atomic E-state index is 0.704. The van der Waals surface area contributed by atoms with E-state index in [0.717, 1.165) is 25.3 Å². The third-order valence-corrected chi connectivity index (χ3v) is 3.65.